The van der Waals surface area contributed by atoms with E-state index in [1.807, 2.05) is 0 Å². The van der Waals surface area contributed by atoms with Crippen LogP contribution in [0, 0.1) is 0 Å². The van der Waals surface area contributed by atoms with Crippen molar-refractivity contribution < 1.29 is 14.7 Å². The maximum Gasteiger partial charge on any atom is 0.354 e. The smallest absolute Gasteiger partial charge is 0.354 e. The number of carbonyl (C=O) groups is 2. The summed E-state index contributed by atoms with van der Waals surface area (Å²) < 4.78 is 0. The number of amides is 2. The number of aromatic carboxylic acids is 1. The van der Waals surface area contributed by atoms with Crippen LogP contribution >= 0.6 is 0 Å². The molecule has 18 heavy (non-hydrogen) atoms. The van der Waals surface area contributed by atoms with Crippen molar-refractivity contribution in [2.24, 2.45) is 0 Å². The zero-order valence-electron chi connectivity index (χ0n) is 9.93. The number of urea groups is 1. The van der Waals surface area contributed by atoms with Crippen LogP contribution in [0.1, 0.15) is 29.8 Å². The fourth-order valence-electron chi connectivity index (χ4n) is 1.92. The molecule has 96 valence electrons. The lowest BCUT2D eigenvalue weighted by molar-refractivity contribution is 0.0690. The number of likely N-dealkylation sites (tertiary alicyclic amines) is 1. The van der Waals surface area contributed by atoms with Gasteiger partial charge in [0.1, 0.15) is 5.69 Å². The van der Waals surface area contributed by atoms with Crippen LogP contribution in [-0.2, 0) is 0 Å². The number of nitrogens with zero attached hydrogens (tertiary/aromatic N) is 2. The maximum absolute atomic E-state index is 11.9. The molecule has 0 saturated carbocycles. The lowest BCUT2D eigenvalue weighted by Gasteiger charge is -2.26. The number of hydrogen-bond donors (Lipinski definition) is 2. The van der Waals surface area contributed by atoms with Crippen molar-refractivity contribution in [3.05, 3.63) is 24.0 Å². The van der Waals surface area contributed by atoms with Crippen molar-refractivity contribution in [1.82, 2.24) is 9.88 Å². The van der Waals surface area contributed by atoms with Crippen molar-refractivity contribution >= 4 is 17.7 Å². The number of carboxylic acid groups (broad SMARTS) is 1. The molecular formula is C12H15N3O3. The van der Waals surface area contributed by atoms with Crippen molar-refractivity contribution in [1.29, 1.82) is 0 Å². The molecule has 2 rings (SSSR count). The fraction of sp³-hybridized carbons (Fsp3) is 0.417. The molecule has 1 saturated heterocycles. The number of hydrogen-bond acceptors (Lipinski definition) is 3. The molecule has 0 bridgehead atoms. The minimum atomic E-state index is -1.11. The molecular weight excluding hydrogens is 234 g/mol. The second-order valence-electron chi connectivity index (χ2n) is 4.21. The zero-order chi connectivity index (χ0) is 13.0. The Kier molecular flexibility index (Phi) is 3.76. The van der Waals surface area contributed by atoms with Gasteiger partial charge in [-0.25, -0.2) is 14.6 Å². The van der Waals surface area contributed by atoms with E-state index in [0.717, 1.165) is 32.4 Å². The Balaban J connectivity index is 2.02. The molecule has 1 aliphatic heterocycles. The first-order valence-corrected chi connectivity index (χ1v) is 5.92. The van der Waals surface area contributed by atoms with Crippen molar-refractivity contribution in [3.63, 3.8) is 0 Å². The second-order valence-corrected chi connectivity index (χ2v) is 4.21. The molecule has 1 aromatic rings. The van der Waals surface area contributed by atoms with Crippen molar-refractivity contribution in [2.75, 3.05) is 18.4 Å². The van der Waals surface area contributed by atoms with Gasteiger partial charge in [0.15, 0.2) is 0 Å². The lowest BCUT2D eigenvalue weighted by atomic mass is 10.1. The van der Waals surface area contributed by atoms with Gasteiger partial charge < -0.3 is 15.3 Å². The maximum atomic E-state index is 11.9. The van der Waals surface area contributed by atoms with Gasteiger partial charge in [0, 0.05) is 25.0 Å². The molecule has 0 atom stereocenters. The molecule has 0 spiro atoms. The largest absolute Gasteiger partial charge is 0.477 e. The average molecular weight is 249 g/mol. The van der Waals surface area contributed by atoms with Crippen LogP contribution in [0.4, 0.5) is 10.5 Å². The predicted molar refractivity (Wildman–Crippen MR) is 65.6 cm³/mol. The molecule has 2 amide bonds. The third-order valence-corrected chi connectivity index (χ3v) is 2.87. The summed E-state index contributed by atoms with van der Waals surface area (Å²) in [7, 11) is 0. The van der Waals surface area contributed by atoms with Gasteiger partial charge in [0.2, 0.25) is 0 Å². The van der Waals surface area contributed by atoms with Gasteiger partial charge in [-0.3, -0.25) is 0 Å². The predicted octanol–water partition coefficient (Wildman–Crippen LogP) is 1.80. The summed E-state index contributed by atoms with van der Waals surface area (Å²) in [5.41, 5.74) is 0.379. The van der Waals surface area contributed by atoms with Crippen molar-refractivity contribution in [3.8, 4) is 0 Å². The number of nitrogens with one attached hydrogen (secondary N) is 1. The van der Waals surface area contributed by atoms with Crippen molar-refractivity contribution in [2.45, 2.75) is 19.3 Å². The number of aromatic nitrogens is 1. The van der Waals surface area contributed by atoms with Gasteiger partial charge in [0.25, 0.3) is 0 Å². The summed E-state index contributed by atoms with van der Waals surface area (Å²) in [5.74, 6) is -1.11. The van der Waals surface area contributed by atoms with Gasteiger partial charge in [0.05, 0.1) is 0 Å². The van der Waals surface area contributed by atoms with E-state index in [1.54, 1.807) is 11.0 Å². The Hall–Kier alpha value is -2.11. The van der Waals surface area contributed by atoms with E-state index in [0.29, 0.717) is 5.69 Å². The summed E-state index contributed by atoms with van der Waals surface area (Å²) in [6, 6.07) is 2.75. The molecule has 6 heteroatoms. The lowest BCUT2D eigenvalue weighted by Crippen LogP contribution is -2.38. The summed E-state index contributed by atoms with van der Waals surface area (Å²) in [5, 5.41) is 11.5. The molecule has 0 unspecified atom stereocenters. The highest BCUT2D eigenvalue weighted by molar-refractivity contribution is 5.92. The molecule has 0 aliphatic carbocycles. The molecule has 1 aromatic heterocycles. The van der Waals surface area contributed by atoms with E-state index in [9.17, 15) is 9.59 Å². The van der Waals surface area contributed by atoms with Crippen LogP contribution in [-0.4, -0.2) is 40.1 Å². The average Bonchev–Trinajstić information content (AvgIpc) is 2.40. The number of piperidine rings is 1. The molecule has 0 radical (unpaired) electrons. The van der Waals surface area contributed by atoms with Crippen LogP contribution in [0.15, 0.2) is 18.3 Å². The first-order valence-electron chi connectivity index (χ1n) is 5.92. The van der Waals surface area contributed by atoms with Gasteiger partial charge in [-0.15, -0.1) is 0 Å². The highest BCUT2D eigenvalue weighted by Crippen LogP contribution is 2.13. The van der Waals surface area contributed by atoms with E-state index >= 15 is 0 Å². The molecule has 0 aromatic carbocycles. The number of anilines is 1. The quantitative estimate of drug-likeness (QED) is 0.837. The number of carbonyl (C=O) groups excluding carboxylic acids is 1. The fourth-order valence-corrected chi connectivity index (χ4v) is 1.92. The Morgan fingerprint density at radius 2 is 2.00 bits per heavy atom. The molecule has 1 fully saturated rings. The Morgan fingerprint density at radius 3 is 2.67 bits per heavy atom. The van der Waals surface area contributed by atoms with Gasteiger partial charge in [-0.1, -0.05) is 0 Å². The molecule has 1 aliphatic rings. The first-order chi connectivity index (χ1) is 8.66. The monoisotopic (exact) mass is 249 g/mol. The van der Waals surface area contributed by atoms with Crippen LogP contribution in [0.25, 0.3) is 0 Å². The van der Waals surface area contributed by atoms with Gasteiger partial charge >= 0.3 is 12.0 Å². The van der Waals surface area contributed by atoms with Gasteiger partial charge in [-0.2, -0.15) is 0 Å². The summed E-state index contributed by atoms with van der Waals surface area (Å²) in [6.07, 6.45) is 4.56. The molecule has 6 nitrogen and oxygen atoms in total. The van der Waals surface area contributed by atoms with Crippen LogP contribution in [0.5, 0.6) is 0 Å². The third-order valence-electron chi connectivity index (χ3n) is 2.87. The topological polar surface area (TPSA) is 82.5 Å². The Labute approximate surface area is 105 Å². The van der Waals surface area contributed by atoms with E-state index in [4.69, 9.17) is 5.11 Å². The van der Waals surface area contributed by atoms with Gasteiger partial charge in [-0.05, 0) is 31.4 Å². The summed E-state index contributed by atoms with van der Waals surface area (Å²) >= 11 is 0. The zero-order valence-corrected chi connectivity index (χ0v) is 9.93. The third kappa shape index (κ3) is 2.97. The first kappa shape index (κ1) is 12.3. The van der Waals surface area contributed by atoms with E-state index in [-0.39, 0.29) is 11.7 Å². The van der Waals surface area contributed by atoms with E-state index in [1.165, 1.54) is 12.3 Å². The molecule has 2 N–H and O–H groups in total. The second kappa shape index (κ2) is 5.48. The standard InChI is InChI=1S/C12H15N3O3/c16-11(17)10-8-9(4-5-13-10)14-12(18)15-6-2-1-3-7-15/h4-5,8H,1-3,6-7H2,(H,16,17)(H,13,14,18). The SMILES string of the molecule is O=C(O)c1cc(NC(=O)N2CCCCC2)ccn1. The Morgan fingerprint density at radius 1 is 1.28 bits per heavy atom. The number of rotatable bonds is 2. The summed E-state index contributed by atoms with van der Waals surface area (Å²) in [4.78, 5) is 28.1. The number of carboxylic acids is 1. The molecule has 2 heterocycles. The van der Waals surface area contributed by atoms with Crippen LogP contribution < -0.4 is 5.32 Å². The minimum Gasteiger partial charge on any atom is -0.477 e. The normalized spacial score (nSPS) is 15.2. The van der Waals surface area contributed by atoms with E-state index < -0.39 is 5.97 Å². The minimum absolute atomic E-state index is 0.0774. The summed E-state index contributed by atoms with van der Waals surface area (Å²) in [6.45, 7) is 1.51. The Bertz CT molecular complexity index is 456. The van der Waals surface area contributed by atoms with E-state index in [2.05, 4.69) is 10.3 Å². The van der Waals surface area contributed by atoms with Crippen LogP contribution in [0.3, 0.4) is 0 Å². The highest BCUT2D eigenvalue weighted by atomic mass is 16.4. The van der Waals surface area contributed by atoms with Crippen LogP contribution in [0.2, 0.25) is 0 Å². The number of pyridine rings is 1. The highest BCUT2D eigenvalue weighted by Gasteiger charge is 2.16.